The van der Waals surface area contributed by atoms with Crippen LogP contribution < -0.4 is 14.2 Å². The number of ether oxygens (including phenoxy) is 3. The highest BCUT2D eigenvalue weighted by atomic mass is 32.1. The summed E-state index contributed by atoms with van der Waals surface area (Å²) in [5, 5.41) is 10.8. The normalized spacial score (nSPS) is 11.7. The summed E-state index contributed by atoms with van der Waals surface area (Å²) in [6.45, 7) is 0. The van der Waals surface area contributed by atoms with Gasteiger partial charge in [-0.2, -0.15) is 28.0 Å². The lowest BCUT2D eigenvalue weighted by molar-refractivity contribution is -0.137. The van der Waals surface area contributed by atoms with Crippen LogP contribution in [0.2, 0.25) is 0 Å². The molecule has 158 valence electrons. The summed E-state index contributed by atoms with van der Waals surface area (Å²) < 4.78 is 56.9. The summed E-state index contributed by atoms with van der Waals surface area (Å²) in [4.78, 5) is 0. The van der Waals surface area contributed by atoms with E-state index in [1.54, 1.807) is 12.1 Å². The number of rotatable bonds is 6. The first kappa shape index (κ1) is 21.4. The number of nitrogens with one attached hydrogen (secondary N) is 1. The Kier molecular flexibility index (Phi) is 6.11. The van der Waals surface area contributed by atoms with Crippen LogP contribution in [0.4, 0.5) is 13.2 Å². The third kappa shape index (κ3) is 4.15. The van der Waals surface area contributed by atoms with E-state index >= 15 is 0 Å². The number of benzene rings is 2. The largest absolute Gasteiger partial charge is 0.493 e. The number of aromatic amines is 1. The molecule has 30 heavy (non-hydrogen) atoms. The first-order valence-electron chi connectivity index (χ1n) is 8.48. The van der Waals surface area contributed by atoms with Gasteiger partial charge < -0.3 is 14.2 Å². The molecule has 11 heteroatoms. The SMILES string of the molecule is COc1cc(-c2n[nH]c(=S)n2/N=C/c2ccccc2C(F)(F)F)cc(OC)c1OC. The second-order valence-corrected chi connectivity index (χ2v) is 6.29. The van der Waals surface area contributed by atoms with Gasteiger partial charge >= 0.3 is 6.18 Å². The van der Waals surface area contributed by atoms with Crippen molar-refractivity contribution in [2.75, 3.05) is 21.3 Å². The summed E-state index contributed by atoms with van der Waals surface area (Å²) in [7, 11) is 4.40. The second-order valence-electron chi connectivity index (χ2n) is 5.91. The van der Waals surface area contributed by atoms with E-state index in [1.165, 1.54) is 44.2 Å². The van der Waals surface area contributed by atoms with Crippen LogP contribution in [0.3, 0.4) is 0 Å². The Bertz CT molecular complexity index is 1110. The molecule has 1 N–H and O–H groups in total. The third-order valence-corrected chi connectivity index (χ3v) is 4.42. The van der Waals surface area contributed by atoms with Crippen LogP contribution in [0, 0.1) is 4.77 Å². The molecule has 1 heterocycles. The summed E-state index contributed by atoms with van der Waals surface area (Å²) in [5.41, 5.74) is -0.417. The zero-order valence-electron chi connectivity index (χ0n) is 16.1. The maximum Gasteiger partial charge on any atom is 0.417 e. The summed E-state index contributed by atoms with van der Waals surface area (Å²) >= 11 is 5.19. The van der Waals surface area contributed by atoms with Gasteiger partial charge in [-0.3, -0.25) is 0 Å². The number of hydrogen-bond donors (Lipinski definition) is 1. The predicted octanol–water partition coefficient (Wildman–Crippen LogP) is 4.53. The first-order chi connectivity index (χ1) is 14.3. The number of aromatic nitrogens is 3. The highest BCUT2D eigenvalue weighted by Crippen LogP contribution is 2.40. The van der Waals surface area contributed by atoms with E-state index in [1.807, 2.05) is 0 Å². The fourth-order valence-corrected chi connectivity index (χ4v) is 2.96. The average Bonchev–Trinajstić information content (AvgIpc) is 3.10. The van der Waals surface area contributed by atoms with E-state index in [0.29, 0.717) is 22.8 Å². The smallest absolute Gasteiger partial charge is 0.417 e. The van der Waals surface area contributed by atoms with Gasteiger partial charge in [-0.25, -0.2) is 5.10 Å². The molecule has 0 saturated heterocycles. The van der Waals surface area contributed by atoms with E-state index in [0.717, 1.165) is 12.3 Å². The minimum absolute atomic E-state index is 0.0968. The number of nitrogens with zero attached hydrogens (tertiary/aromatic N) is 3. The van der Waals surface area contributed by atoms with Gasteiger partial charge in [0.1, 0.15) is 0 Å². The molecular weight excluding hydrogens is 421 g/mol. The van der Waals surface area contributed by atoms with E-state index < -0.39 is 11.7 Å². The molecule has 0 saturated carbocycles. The molecule has 0 fully saturated rings. The maximum absolute atomic E-state index is 13.2. The molecule has 0 unspecified atom stereocenters. The number of methoxy groups -OCH3 is 3. The van der Waals surface area contributed by atoms with Crippen LogP contribution in [0.15, 0.2) is 41.5 Å². The zero-order valence-corrected chi connectivity index (χ0v) is 17.0. The number of hydrogen-bond acceptors (Lipinski definition) is 6. The summed E-state index contributed by atoms with van der Waals surface area (Å²) in [5.74, 6) is 1.38. The van der Waals surface area contributed by atoms with Crippen molar-refractivity contribution in [3.8, 4) is 28.6 Å². The lowest BCUT2D eigenvalue weighted by Gasteiger charge is -2.13. The lowest BCUT2D eigenvalue weighted by atomic mass is 10.1. The Morgan fingerprint density at radius 3 is 2.27 bits per heavy atom. The molecule has 0 atom stereocenters. The van der Waals surface area contributed by atoms with Gasteiger partial charge in [-0.1, -0.05) is 18.2 Å². The zero-order chi connectivity index (χ0) is 21.9. The number of alkyl halides is 3. The molecule has 0 spiro atoms. The van der Waals surface area contributed by atoms with Crippen molar-refractivity contribution >= 4 is 18.4 Å². The molecule has 7 nitrogen and oxygen atoms in total. The summed E-state index contributed by atoms with van der Waals surface area (Å²) in [6, 6.07) is 8.35. The van der Waals surface area contributed by atoms with E-state index in [-0.39, 0.29) is 16.2 Å². The number of halogens is 3. The fourth-order valence-electron chi connectivity index (χ4n) is 2.78. The third-order valence-electron chi connectivity index (χ3n) is 4.15. The van der Waals surface area contributed by atoms with Crippen LogP contribution in [0.5, 0.6) is 17.2 Å². The molecule has 0 radical (unpaired) electrons. The molecule has 0 aliphatic heterocycles. The van der Waals surface area contributed by atoms with Crippen molar-refractivity contribution in [3.05, 3.63) is 52.3 Å². The van der Waals surface area contributed by atoms with Crippen LogP contribution in [0.1, 0.15) is 11.1 Å². The van der Waals surface area contributed by atoms with Crippen molar-refractivity contribution in [2.45, 2.75) is 6.18 Å². The quantitative estimate of drug-likeness (QED) is 0.452. The van der Waals surface area contributed by atoms with Crippen molar-refractivity contribution in [1.82, 2.24) is 14.9 Å². The monoisotopic (exact) mass is 438 g/mol. The van der Waals surface area contributed by atoms with Crippen molar-refractivity contribution in [3.63, 3.8) is 0 Å². The van der Waals surface area contributed by atoms with Gasteiger partial charge in [0.25, 0.3) is 0 Å². The van der Waals surface area contributed by atoms with Crippen LogP contribution >= 0.6 is 12.2 Å². The standard InChI is InChI=1S/C19H17F3N4O3S/c1-27-14-8-12(9-15(28-2)16(14)29-3)17-24-25-18(30)26(17)23-10-11-6-4-5-7-13(11)19(20,21)22/h4-10H,1-3H3,(H,25,30)/b23-10+. The van der Waals surface area contributed by atoms with Crippen LogP contribution in [-0.2, 0) is 6.18 Å². The van der Waals surface area contributed by atoms with Crippen molar-refractivity contribution < 1.29 is 27.4 Å². The molecule has 0 aliphatic carbocycles. The second kappa shape index (κ2) is 8.57. The average molecular weight is 438 g/mol. The van der Waals surface area contributed by atoms with Gasteiger partial charge in [0, 0.05) is 11.1 Å². The van der Waals surface area contributed by atoms with E-state index in [4.69, 9.17) is 26.4 Å². The topological polar surface area (TPSA) is 73.7 Å². The minimum atomic E-state index is -4.51. The molecule has 0 aliphatic rings. The van der Waals surface area contributed by atoms with Crippen molar-refractivity contribution in [1.29, 1.82) is 0 Å². The van der Waals surface area contributed by atoms with Gasteiger partial charge in [-0.05, 0) is 30.4 Å². The highest BCUT2D eigenvalue weighted by Gasteiger charge is 2.32. The Morgan fingerprint density at radius 1 is 1.07 bits per heavy atom. The molecule has 2 aromatic carbocycles. The predicted molar refractivity (Wildman–Crippen MR) is 107 cm³/mol. The first-order valence-corrected chi connectivity index (χ1v) is 8.89. The number of H-pyrrole nitrogens is 1. The Balaban J connectivity index is 2.10. The van der Waals surface area contributed by atoms with Crippen LogP contribution in [-0.4, -0.2) is 42.4 Å². The van der Waals surface area contributed by atoms with E-state index in [2.05, 4.69) is 15.3 Å². The summed E-state index contributed by atoms with van der Waals surface area (Å²) in [6.07, 6.45) is -3.43. The maximum atomic E-state index is 13.2. The lowest BCUT2D eigenvalue weighted by Crippen LogP contribution is -2.09. The van der Waals surface area contributed by atoms with E-state index in [9.17, 15) is 13.2 Å². The highest BCUT2D eigenvalue weighted by molar-refractivity contribution is 7.71. The molecule has 3 rings (SSSR count). The minimum Gasteiger partial charge on any atom is -0.493 e. The Hall–Kier alpha value is -3.34. The molecular formula is C19H17F3N4O3S. The Labute approximate surface area is 174 Å². The van der Waals surface area contributed by atoms with Gasteiger partial charge in [0.05, 0.1) is 33.1 Å². The Morgan fingerprint density at radius 2 is 1.70 bits per heavy atom. The van der Waals surface area contributed by atoms with Gasteiger partial charge in [0.2, 0.25) is 10.5 Å². The van der Waals surface area contributed by atoms with Gasteiger partial charge in [0.15, 0.2) is 17.3 Å². The fraction of sp³-hybridized carbons (Fsp3) is 0.211. The molecule has 0 bridgehead atoms. The molecule has 1 aromatic heterocycles. The van der Waals surface area contributed by atoms with Crippen LogP contribution in [0.25, 0.3) is 11.4 Å². The molecule has 0 amide bonds. The van der Waals surface area contributed by atoms with Crippen molar-refractivity contribution in [2.24, 2.45) is 5.10 Å². The van der Waals surface area contributed by atoms with Gasteiger partial charge in [-0.15, -0.1) is 0 Å². The molecule has 3 aromatic rings.